The summed E-state index contributed by atoms with van der Waals surface area (Å²) in [7, 11) is 0. The highest BCUT2D eigenvalue weighted by atomic mass is 16.2. The Hall–Kier alpha value is -1.98. The molecule has 22 heavy (non-hydrogen) atoms. The van der Waals surface area contributed by atoms with Crippen LogP contribution in [0.25, 0.3) is 0 Å². The van der Waals surface area contributed by atoms with E-state index in [0.717, 1.165) is 12.0 Å². The van der Waals surface area contributed by atoms with E-state index in [1.54, 1.807) is 4.90 Å². The molecule has 0 bridgehead atoms. The number of carbonyl (C=O) groups excluding carboxylic acids is 2. The highest BCUT2D eigenvalue weighted by molar-refractivity contribution is 5.79. The Kier molecular flexibility index (Phi) is 5.11. The molecule has 1 aromatic rings. The molecule has 0 aromatic carbocycles. The Morgan fingerprint density at radius 1 is 1.18 bits per heavy atom. The standard InChI is InChI=1S/C16H26N4O2/c1-16(2,3)18-15(22)20-8-4-7-19(9-10-20)14(21)11-13-5-6-17-12-13/h5-6,12,17H,4,7-11H2,1-3H3,(H,18,22). The molecule has 0 spiro atoms. The first-order chi connectivity index (χ1) is 10.3. The SMILES string of the molecule is CC(C)(C)NC(=O)N1CCCN(C(=O)Cc2cc[nH]c2)CC1. The van der Waals surface area contributed by atoms with Crippen molar-refractivity contribution in [2.45, 2.75) is 39.2 Å². The van der Waals surface area contributed by atoms with Crippen LogP contribution in [0.5, 0.6) is 0 Å². The topological polar surface area (TPSA) is 68.4 Å². The minimum absolute atomic E-state index is 0.0487. The molecule has 2 heterocycles. The highest BCUT2D eigenvalue weighted by Crippen LogP contribution is 2.09. The second kappa shape index (κ2) is 6.85. The number of hydrogen-bond donors (Lipinski definition) is 2. The van der Waals surface area contributed by atoms with Crippen molar-refractivity contribution in [3.8, 4) is 0 Å². The van der Waals surface area contributed by atoms with Crippen molar-refractivity contribution in [1.29, 1.82) is 0 Å². The zero-order chi connectivity index (χ0) is 16.2. The van der Waals surface area contributed by atoms with Gasteiger partial charge in [0, 0.05) is 44.1 Å². The van der Waals surface area contributed by atoms with Gasteiger partial charge in [-0.2, -0.15) is 0 Å². The van der Waals surface area contributed by atoms with E-state index in [4.69, 9.17) is 0 Å². The van der Waals surface area contributed by atoms with E-state index in [2.05, 4.69) is 10.3 Å². The Labute approximate surface area is 131 Å². The summed E-state index contributed by atoms with van der Waals surface area (Å²) in [6, 6.07) is 1.87. The zero-order valence-electron chi connectivity index (χ0n) is 13.7. The Morgan fingerprint density at radius 2 is 1.86 bits per heavy atom. The van der Waals surface area contributed by atoms with E-state index in [0.29, 0.717) is 32.6 Å². The number of rotatable bonds is 2. The average molecular weight is 306 g/mol. The van der Waals surface area contributed by atoms with Crippen LogP contribution in [0, 0.1) is 0 Å². The molecule has 3 amide bonds. The number of carbonyl (C=O) groups is 2. The van der Waals surface area contributed by atoms with Crippen LogP contribution in [0.1, 0.15) is 32.8 Å². The molecule has 0 radical (unpaired) electrons. The molecule has 0 aliphatic carbocycles. The van der Waals surface area contributed by atoms with Crippen LogP contribution >= 0.6 is 0 Å². The minimum atomic E-state index is -0.243. The fourth-order valence-electron chi connectivity index (χ4n) is 2.52. The van der Waals surface area contributed by atoms with Gasteiger partial charge in [-0.05, 0) is 38.8 Å². The molecule has 1 aromatic heterocycles. The molecule has 6 nitrogen and oxygen atoms in total. The summed E-state index contributed by atoms with van der Waals surface area (Å²) < 4.78 is 0. The lowest BCUT2D eigenvalue weighted by atomic mass is 10.1. The van der Waals surface area contributed by atoms with E-state index >= 15 is 0 Å². The van der Waals surface area contributed by atoms with Crippen molar-refractivity contribution in [2.75, 3.05) is 26.2 Å². The first-order valence-electron chi connectivity index (χ1n) is 7.82. The summed E-state index contributed by atoms with van der Waals surface area (Å²) in [6.07, 6.45) is 4.90. The van der Waals surface area contributed by atoms with Crippen molar-refractivity contribution in [1.82, 2.24) is 20.1 Å². The number of nitrogens with zero attached hydrogens (tertiary/aromatic N) is 2. The monoisotopic (exact) mass is 306 g/mol. The molecule has 1 aliphatic rings. The van der Waals surface area contributed by atoms with Crippen molar-refractivity contribution < 1.29 is 9.59 Å². The number of amides is 3. The summed E-state index contributed by atoms with van der Waals surface area (Å²) in [6.45, 7) is 8.49. The third-order valence-electron chi connectivity index (χ3n) is 3.64. The lowest BCUT2D eigenvalue weighted by molar-refractivity contribution is -0.130. The molecule has 2 rings (SSSR count). The highest BCUT2D eigenvalue weighted by Gasteiger charge is 2.24. The molecular formula is C16H26N4O2. The van der Waals surface area contributed by atoms with Crippen LogP contribution in [0.15, 0.2) is 18.5 Å². The molecule has 6 heteroatoms. The summed E-state index contributed by atoms with van der Waals surface area (Å²) in [5, 5.41) is 2.98. The number of hydrogen-bond acceptors (Lipinski definition) is 2. The van der Waals surface area contributed by atoms with Gasteiger partial charge in [-0.1, -0.05) is 0 Å². The molecule has 0 unspecified atom stereocenters. The maximum Gasteiger partial charge on any atom is 0.317 e. The van der Waals surface area contributed by atoms with Gasteiger partial charge >= 0.3 is 6.03 Å². The quantitative estimate of drug-likeness (QED) is 0.871. The smallest absolute Gasteiger partial charge is 0.317 e. The van der Waals surface area contributed by atoms with Gasteiger partial charge in [0.05, 0.1) is 6.42 Å². The van der Waals surface area contributed by atoms with Crippen LogP contribution in [-0.4, -0.2) is 58.4 Å². The molecule has 1 aliphatic heterocycles. The van der Waals surface area contributed by atoms with E-state index < -0.39 is 0 Å². The molecule has 1 fully saturated rings. The van der Waals surface area contributed by atoms with Gasteiger partial charge in [0.15, 0.2) is 0 Å². The maximum atomic E-state index is 12.3. The first-order valence-corrected chi connectivity index (χ1v) is 7.82. The predicted octanol–water partition coefficient (Wildman–Crippen LogP) is 1.60. The van der Waals surface area contributed by atoms with Gasteiger partial charge < -0.3 is 20.1 Å². The van der Waals surface area contributed by atoms with Gasteiger partial charge in [0.25, 0.3) is 0 Å². The van der Waals surface area contributed by atoms with E-state index in [9.17, 15) is 9.59 Å². The summed E-state index contributed by atoms with van der Waals surface area (Å²) in [5.74, 6) is 0.123. The van der Waals surface area contributed by atoms with Crippen LogP contribution in [0.4, 0.5) is 4.79 Å². The van der Waals surface area contributed by atoms with Crippen molar-refractivity contribution in [3.05, 3.63) is 24.0 Å². The number of aromatic nitrogens is 1. The van der Waals surface area contributed by atoms with Gasteiger partial charge in [-0.3, -0.25) is 4.79 Å². The molecule has 0 atom stereocenters. The average Bonchev–Trinajstić information content (AvgIpc) is 2.78. The van der Waals surface area contributed by atoms with Crippen LogP contribution < -0.4 is 5.32 Å². The third kappa shape index (κ3) is 4.79. The number of urea groups is 1. The summed E-state index contributed by atoms with van der Waals surface area (Å²) in [5.41, 5.74) is 0.754. The zero-order valence-corrected chi connectivity index (χ0v) is 13.7. The first kappa shape index (κ1) is 16.4. The predicted molar refractivity (Wildman–Crippen MR) is 85.6 cm³/mol. The van der Waals surface area contributed by atoms with E-state index in [1.165, 1.54) is 0 Å². The maximum absolute atomic E-state index is 12.3. The minimum Gasteiger partial charge on any atom is -0.367 e. The molecule has 2 N–H and O–H groups in total. The molecule has 1 saturated heterocycles. The lowest BCUT2D eigenvalue weighted by Gasteiger charge is -2.27. The van der Waals surface area contributed by atoms with Crippen LogP contribution in [0.3, 0.4) is 0 Å². The van der Waals surface area contributed by atoms with Crippen molar-refractivity contribution >= 4 is 11.9 Å². The van der Waals surface area contributed by atoms with Crippen LogP contribution in [0.2, 0.25) is 0 Å². The lowest BCUT2D eigenvalue weighted by Crippen LogP contribution is -2.49. The van der Waals surface area contributed by atoms with Crippen molar-refractivity contribution in [3.63, 3.8) is 0 Å². The molecular weight excluding hydrogens is 280 g/mol. The van der Waals surface area contributed by atoms with Gasteiger partial charge in [0.2, 0.25) is 5.91 Å². The number of nitrogens with one attached hydrogen (secondary N) is 2. The largest absolute Gasteiger partial charge is 0.367 e. The van der Waals surface area contributed by atoms with E-state index in [-0.39, 0.29) is 17.5 Å². The molecule has 122 valence electrons. The van der Waals surface area contributed by atoms with E-state index in [1.807, 2.05) is 44.1 Å². The fourth-order valence-corrected chi connectivity index (χ4v) is 2.52. The number of aromatic amines is 1. The number of H-pyrrole nitrogens is 1. The summed E-state index contributed by atoms with van der Waals surface area (Å²) in [4.78, 5) is 31.1. The summed E-state index contributed by atoms with van der Waals surface area (Å²) >= 11 is 0. The van der Waals surface area contributed by atoms with Gasteiger partial charge in [-0.25, -0.2) is 4.79 Å². The Bertz CT molecular complexity index is 505. The second-order valence-electron chi connectivity index (χ2n) is 6.80. The van der Waals surface area contributed by atoms with Crippen LogP contribution in [-0.2, 0) is 11.2 Å². The Balaban J connectivity index is 1.86. The third-order valence-corrected chi connectivity index (χ3v) is 3.64. The Morgan fingerprint density at radius 3 is 2.50 bits per heavy atom. The van der Waals surface area contributed by atoms with Crippen molar-refractivity contribution in [2.24, 2.45) is 0 Å². The fraction of sp³-hybridized carbons (Fsp3) is 0.625. The second-order valence-corrected chi connectivity index (χ2v) is 6.80. The van der Waals surface area contributed by atoms with Gasteiger partial charge in [0.1, 0.15) is 0 Å². The van der Waals surface area contributed by atoms with Gasteiger partial charge in [-0.15, -0.1) is 0 Å². The molecule has 0 saturated carbocycles. The normalized spacial score (nSPS) is 16.3.